The van der Waals surface area contributed by atoms with Crippen molar-refractivity contribution in [1.82, 2.24) is 0 Å². The fourth-order valence-electron chi connectivity index (χ4n) is 4.13. The molecular weight excluding hydrogens is 343 g/mol. The summed E-state index contributed by atoms with van der Waals surface area (Å²) in [5.41, 5.74) is 1.53. The Kier molecular flexibility index (Phi) is 3.83. The maximum atomic E-state index is 6.79. The maximum absolute atomic E-state index is 6.79. The van der Waals surface area contributed by atoms with Gasteiger partial charge in [-0.3, -0.25) is 0 Å². The van der Waals surface area contributed by atoms with Crippen molar-refractivity contribution in [3.63, 3.8) is 0 Å². The summed E-state index contributed by atoms with van der Waals surface area (Å²) in [6, 6.07) is 22.0. The summed E-state index contributed by atoms with van der Waals surface area (Å²) in [6.45, 7) is 0. The molecule has 2 saturated carbocycles. The molecule has 5 atom stereocenters. The third-order valence-corrected chi connectivity index (χ3v) is 9.11. The normalized spacial score (nSPS) is 34.2. The van der Waals surface area contributed by atoms with Crippen LogP contribution in [-0.2, 0) is 0 Å². The summed E-state index contributed by atoms with van der Waals surface area (Å²) >= 11 is 7.29. The quantitative estimate of drug-likeness (QED) is 0.567. The van der Waals surface area contributed by atoms with E-state index in [0.717, 1.165) is 17.8 Å². The zero-order valence-electron chi connectivity index (χ0n) is 11.9. The molecule has 108 valence electrons. The van der Waals surface area contributed by atoms with Gasteiger partial charge in [0.25, 0.3) is 0 Å². The number of hydrogen-bond donors (Lipinski definition) is 0. The Hall–Kier alpha value is -0.751. The van der Waals surface area contributed by atoms with Crippen LogP contribution in [0.1, 0.15) is 24.3 Å². The molecule has 4 rings (SSSR count). The number of rotatable bonds is 3. The first-order valence-electron chi connectivity index (χ1n) is 7.73. The van der Waals surface area contributed by atoms with Crippen LogP contribution in [0.15, 0.2) is 60.7 Å². The number of halogens is 1. The third-order valence-electron chi connectivity index (χ3n) is 5.08. The van der Waals surface area contributed by atoms with Crippen molar-refractivity contribution in [3.8, 4) is 0 Å². The predicted octanol–water partition coefficient (Wildman–Crippen LogP) is 4.24. The summed E-state index contributed by atoms with van der Waals surface area (Å²) in [6.07, 6.45) is 2.64. The molecule has 0 N–H and O–H groups in total. The summed E-state index contributed by atoms with van der Waals surface area (Å²) in [7, 11) is 0. The SMILES string of the molecule is Cl[C@H]1[C@@H]2C[C@H]([C@@H]1[Se]c1ccccc1)[C@@H](c1ccccc1)C2. The standard InChI is InChI=1S/C19H19ClSe/c20-18-14-11-16(13-7-3-1-4-8-13)17(12-14)19(18)21-15-9-5-2-6-10-15/h1-10,14,16-19H,11-12H2/t14-,16+,17-,18-,19-/m0/s1. The molecule has 2 fully saturated rings. The minimum atomic E-state index is 0.398. The van der Waals surface area contributed by atoms with E-state index < -0.39 is 0 Å². The molecular formula is C19H19ClSe. The Morgan fingerprint density at radius 1 is 0.857 bits per heavy atom. The van der Waals surface area contributed by atoms with Gasteiger partial charge in [-0.2, -0.15) is 0 Å². The van der Waals surface area contributed by atoms with Gasteiger partial charge in [0.2, 0.25) is 0 Å². The number of hydrogen-bond acceptors (Lipinski definition) is 0. The van der Waals surface area contributed by atoms with E-state index >= 15 is 0 Å². The molecule has 0 aromatic heterocycles. The number of alkyl halides is 1. The molecule has 0 nitrogen and oxygen atoms in total. The molecule has 2 aromatic rings. The minimum absolute atomic E-state index is 0.398. The van der Waals surface area contributed by atoms with Gasteiger partial charge in [-0.05, 0) is 0 Å². The average molecular weight is 362 g/mol. The summed E-state index contributed by atoms with van der Waals surface area (Å²) in [5, 5.41) is 0.398. The van der Waals surface area contributed by atoms with Crippen molar-refractivity contribution in [3.05, 3.63) is 66.2 Å². The van der Waals surface area contributed by atoms with Crippen LogP contribution in [0.5, 0.6) is 0 Å². The van der Waals surface area contributed by atoms with E-state index in [-0.39, 0.29) is 0 Å². The van der Waals surface area contributed by atoms with E-state index in [0.29, 0.717) is 25.2 Å². The Bertz CT molecular complexity index is 597. The van der Waals surface area contributed by atoms with Gasteiger partial charge in [0, 0.05) is 0 Å². The summed E-state index contributed by atoms with van der Waals surface area (Å²) in [5.74, 6) is 2.26. The molecule has 2 bridgehead atoms. The fraction of sp³-hybridized carbons (Fsp3) is 0.368. The molecule has 0 aliphatic heterocycles. The Labute approximate surface area is 138 Å². The molecule has 2 aliphatic carbocycles. The van der Waals surface area contributed by atoms with Crippen LogP contribution in [0.4, 0.5) is 0 Å². The number of fused-ring (bicyclic) bond motifs is 2. The van der Waals surface area contributed by atoms with Crippen LogP contribution in [0.2, 0.25) is 4.82 Å². The first-order chi connectivity index (χ1) is 10.3. The molecule has 21 heavy (non-hydrogen) atoms. The van der Waals surface area contributed by atoms with Gasteiger partial charge in [-0.1, -0.05) is 0 Å². The van der Waals surface area contributed by atoms with Crippen LogP contribution in [0, 0.1) is 11.8 Å². The predicted molar refractivity (Wildman–Crippen MR) is 90.6 cm³/mol. The summed E-state index contributed by atoms with van der Waals surface area (Å²) < 4.78 is 1.50. The van der Waals surface area contributed by atoms with Gasteiger partial charge in [-0.25, -0.2) is 0 Å². The zero-order chi connectivity index (χ0) is 14.2. The van der Waals surface area contributed by atoms with Gasteiger partial charge in [-0.15, -0.1) is 0 Å². The molecule has 2 aromatic carbocycles. The molecule has 2 heteroatoms. The van der Waals surface area contributed by atoms with Gasteiger partial charge in [0.1, 0.15) is 0 Å². The van der Waals surface area contributed by atoms with E-state index in [1.807, 2.05) is 0 Å². The number of benzene rings is 2. The van der Waals surface area contributed by atoms with Crippen molar-refractivity contribution in [2.45, 2.75) is 29.0 Å². The Morgan fingerprint density at radius 3 is 2.19 bits per heavy atom. The van der Waals surface area contributed by atoms with Crippen LogP contribution in [0.25, 0.3) is 0 Å². The third kappa shape index (κ3) is 2.57. The summed E-state index contributed by atoms with van der Waals surface area (Å²) in [4.78, 5) is 0.700. The van der Waals surface area contributed by atoms with Crippen LogP contribution in [-0.4, -0.2) is 20.3 Å². The molecule has 2 aliphatic rings. The average Bonchev–Trinajstić information content (AvgIpc) is 3.09. The second-order valence-corrected chi connectivity index (χ2v) is 9.38. The van der Waals surface area contributed by atoms with Crippen LogP contribution >= 0.6 is 11.6 Å². The van der Waals surface area contributed by atoms with Crippen molar-refractivity contribution >= 4 is 31.0 Å². The second kappa shape index (κ2) is 5.80. The van der Waals surface area contributed by atoms with Crippen LogP contribution in [0.3, 0.4) is 0 Å². The molecule has 0 unspecified atom stereocenters. The van der Waals surface area contributed by atoms with E-state index in [9.17, 15) is 0 Å². The molecule has 0 heterocycles. The van der Waals surface area contributed by atoms with E-state index in [2.05, 4.69) is 60.7 Å². The van der Waals surface area contributed by atoms with E-state index in [4.69, 9.17) is 11.6 Å². The van der Waals surface area contributed by atoms with Gasteiger partial charge >= 0.3 is 138 Å². The monoisotopic (exact) mass is 362 g/mol. The zero-order valence-corrected chi connectivity index (χ0v) is 14.3. The van der Waals surface area contributed by atoms with Gasteiger partial charge in [0.15, 0.2) is 0 Å². The molecule has 0 saturated heterocycles. The molecule has 0 spiro atoms. The molecule has 0 amide bonds. The van der Waals surface area contributed by atoms with Crippen molar-refractivity contribution in [2.24, 2.45) is 11.8 Å². The topological polar surface area (TPSA) is 0 Å². The Morgan fingerprint density at radius 2 is 1.52 bits per heavy atom. The van der Waals surface area contributed by atoms with Crippen molar-refractivity contribution in [1.29, 1.82) is 0 Å². The van der Waals surface area contributed by atoms with Crippen LogP contribution < -0.4 is 4.46 Å². The first kappa shape index (κ1) is 13.9. The van der Waals surface area contributed by atoms with Gasteiger partial charge < -0.3 is 0 Å². The van der Waals surface area contributed by atoms with Gasteiger partial charge in [0.05, 0.1) is 0 Å². The second-order valence-electron chi connectivity index (χ2n) is 6.25. The first-order valence-corrected chi connectivity index (χ1v) is 10.0. The fourth-order valence-corrected chi connectivity index (χ4v) is 7.85. The van der Waals surface area contributed by atoms with Crippen molar-refractivity contribution < 1.29 is 0 Å². The van der Waals surface area contributed by atoms with Crippen molar-refractivity contribution in [2.75, 3.05) is 0 Å². The van der Waals surface area contributed by atoms with E-state index in [1.165, 1.54) is 22.9 Å². The molecule has 0 radical (unpaired) electrons. The van der Waals surface area contributed by atoms with E-state index in [1.54, 1.807) is 0 Å². The Balaban J connectivity index is 1.58.